The summed E-state index contributed by atoms with van der Waals surface area (Å²) in [7, 11) is 0. The van der Waals surface area contributed by atoms with Gasteiger partial charge < -0.3 is 10.1 Å². The number of rotatable bonds is 5. The Morgan fingerprint density at radius 2 is 2.08 bits per heavy atom. The van der Waals surface area contributed by atoms with E-state index < -0.39 is 36.2 Å². The van der Waals surface area contributed by atoms with E-state index in [1.165, 1.54) is 6.07 Å². The van der Waals surface area contributed by atoms with Crippen LogP contribution in [0, 0.1) is 5.82 Å². The fourth-order valence-electron chi connectivity index (χ4n) is 1.89. The van der Waals surface area contributed by atoms with Crippen LogP contribution in [0.2, 0.25) is 0 Å². The van der Waals surface area contributed by atoms with Gasteiger partial charge in [0.1, 0.15) is 0 Å². The van der Waals surface area contributed by atoms with E-state index in [-0.39, 0.29) is 5.69 Å². The van der Waals surface area contributed by atoms with Gasteiger partial charge in [0.2, 0.25) is 5.91 Å². The minimum absolute atomic E-state index is 0.118. The van der Waals surface area contributed by atoms with Crippen LogP contribution in [0.1, 0.15) is 18.4 Å². The van der Waals surface area contributed by atoms with E-state index >= 15 is 0 Å². The molecule has 2 rings (SSSR count). The summed E-state index contributed by atoms with van der Waals surface area (Å²) in [6.07, 6.45) is -1.44. The summed E-state index contributed by atoms with van der Waals surface area (Å²) in [4.78, 5) is 16.0. The zero-order valence-corrected chi connectivity index (χ0v) is 12.6. The number of carbonyl (C=O) groups is 1. The van der Waals surface area contributed by atoms with Crippen molar-refractivity contribution in [1.29, 1.82) is 0 Å². The molecule has 0 aliphatic rings. The van der Waals surface area contributed by atoms with Gasteiger partial charge in [-0.2, -0.15) is 13.2 Å². The van der Waals surface area contributed by atoms with Crippen molar-refractivity contribution < 1.29 is 27.1 Å². The highest BCUT2D eigenvalue weighted by Gasteiger charge is 2.29. The average Bonchev–Trinajstić information content (AvgIpc) is 2.53. The number of hydrogen-bond donors (Lipinski definition) is 1. The van der Waals surface area contributed by atoms with E-state index in [0.29, 0.717) is 5.56 Å². The molecule has 24 heavy (non-hydrogen) atoms. The van der Waals surface area contributed by atoms with Gasteiger partial charge >= 0.3 is 6.18 Å². The van der Waals surface area contributed by atoms with E-state index in [2.05, 4.69) is 15.0 Å². The van der Waals surface area contributed by atoms with Gasteiger partial charge in [-0.3, -0.25) is 9.78 Å². The lowest BCUT2D eigenvalue weighted by atomic mass is 10.0. The van der Waals surface area contributed by atoms with Crippen molar-refractivity contribution in [2.24, 2.45) is 0 Å². The predicted octanol–water partition coefficient (Wildman–Crippen LogP) is 3.90. The van der Waals surface area contributed by atoms with E-state index in [4.69, 9.17) is 0 Å². The van der Waals surface area contributed by atoms with Crippen molar-refractivity contribution in [1.82, 2.24) is 4.98 Å². The van der Waals surface area contributed by atoms with Crippen molar-refractivity contribution in [2.75, 3.05) is 11.9 Å². The average molecular weight is 342 g/mol. The molecule has 0 aliphatic heterocycles. The van der Waals surface area contributed by atoms with Crippen LogP contribution in [0.15, 0.2) is 42.7 Å². The zero-order valence-electron chi connectivity index (χ0n) is 12.6. The van der Waals surface area contributed by atoms with Gasteiger partial charge in [0.15, 0.2) is 18.2 Å². The van der Waals surface area contributed by atoms with Gasteiger partial charge in [-0.05, 0) is 30.7 Å². The number of hydrogen-bond acceptors (Lipinski definition) is 3. The van der Waals surface area contributed by atoms with Crippen molar-refractivity contribution in [3.8, 4) is 5.75 Å². The second kappa shape index (κ2) is 7.29. The maximum Gasteiger partial charge on any atom is 0.422 e. The lowest BCUT2D eigenvalue weighted by Gasteiger charge is -2.14. The topological polar surface area (TPSA) is 51.2 Å². The molecular weight excluding hydrogens is 328 g/mol. The molecule has 0 saturated heterocycles. The van der Waals surface area contributed by atoms with Crippen LogP contribution in [-0.2, 0) is 4.79 Å². The minimum atomic E-state index is -4.56. The summed E-state index contributed by atoms with van der Waals surface area (Å²) in [6, 6.07) is 6.62. The molecule has 0 bridgehead atoms. The van der Waals surface area contributed by atoms with Crippen molar-refractivity contribution in [2.45, 2.75) is 19.0 Å². The highest BCUT2D eigenvalue weighted by atomic mass is 19.4. The summed E-state index contributed by atoms with van der Waals surface area (Å²) >= 11 is 0. The molecule has 0 fully saturated rings. The first-order chi connectivity index (χ1) is 11.3. The first-order valence-corrected chi connectivity index (χ1v) is 6.96. The standard InChI is InChI=1S/C16H14F4N2O2/c1-10(11-3-2-6-21-8-11)15(23)22-12-4-5-14(13(17)7-12)24-9-16(18,19)20/h2-8,10H,9H2,1H3,(H,22,23)/t10-/m0/s1. The molecule has 1 heterocycles. The van der Waals surface area contributed by atoms with E-state index in [1.54, 1.807) is 31.5 Å². The molecule has 0 unspecified atom stereocenters. The Hall–Kier alpha value is -2.64. The second-order valence-corrected chi connectivity index (χ2v) is 5.05. The molecule has 4 nitrogen and oxygen atoms in total. The van der Waals surface area contributed by atoms with E-state index in [1.807, 2.05) is 0 Å². The number of carbonyl (C=O) groups excluding carboxylic acids is 1. The Kier molecular flexibility index (Phi) is 5.38. The second-order valence-electron chi connectivity index (χ2n) is 5.05. The molecule has 1 N–H and O–H groups in total. The number of nitrogens with zero attached hydrogens (tertiary/aromatic N) is 1. The third-order valence-corrected chi connectivity index (χ3v) is 3.17. The Balaban J connectivity index is 2.03. The van der Waals surface area contributed by atoms with Gasteiger partial charge in [-0.1, -0.05) is 6.07 Å². The van der Waals surface area contributed by atoms with Crippen molar-refractivity contribution in [3.05, 3.63) is 54.1 Å². The van der Waals surface area contributed by atoms with Gasteiger partial charge in [0.25, 0.3) is 0 Å². The molecule has 8 heteroatoms. The number of alkyl halides is 3. The van der Waals surface area contributed by atoms with Crippen LogP contribution in [0.5, 0.6) is 5.75 Å². The number of benzene rings is 1. The molecule has 1 atom stereocenters. The Morgan fingerprint density at radius 1 is 1.33 bits per heavy atom. The quantitative estimate of drug-likeness (QED) is 0.839. The molecule has 2 aromatic rings. The lowest BCUT2D eigenvalue weighted by molar-refractivity contribution is -0.153. The highest BCUT2D eigenvalue weighted by Crippen LogP contribution is 2.25. The van der Waals surface area contributed by atoms with Crippen LogP contribution in [0.4, 0.5) is 23.2 Å². The van der Waals surface area contributed by atoms with Gasteiger partial charge in [0, 0.05) is 24.1 Å². The number of pyridine rings is 1. The number of halogens is 4. The largest absolute Gasteiger partial charge is 0.481 e. The number of aromatic nitrogens is 1. The van der Waals surface area contributed by atoms with Crippen LogP contribution >= 0.6 is 0 Å². The molecule has 128 valence electrons. The molecular formula is C16H14F4N2O2. The van der Waals surface area contributed by atoms with Crippen LogP contribution < -0.4 is 10.1 Å². The summed E-state index contributed by atoms with van der Waals surface area (Å²) < 4.78 is 54.3. The SMILES string of the molecule is C[C@H](C(=O)Nc1ccc(OCC(F)(F)F)c(F)c1)c1cccnc1. The third kappa shape index (κ3) is 4.94. The first kappa shape index (κ1) is 17.7. The zero-order chi connectivity index (χ0) is 17.7. The monoisotopic (exact) mass is 342 g/mol. The minimum Gasteiger partial charge on any atom is -0.481 e. The summed E-state index contributed by atoms with van der Waals surface area (Å²) in [6.45, 7) is 0.0666. The maximum absolute atomic E-state index is 13.7. The summed E-state index contributed by atoms with van der Waals surface area (Å²) in [5.74, 6) is -2.45. The summed E-state index contributed by atoms with van der Waals surface area (Å²) in [5.41, 5.74) is 0.799. The molecule has 0 radical (unpaired) electrons. The van der Waals surface area contributed by atoms with E-state index in [9.17, 15) is 22.4 Å². The van der Waals surface area contributed by atoms with Crippen LogP contribution in [-0.4, -0.2) is 23.7 Å². The highest BCUT2D eigenvalue weighted by molar-refractivity contribution is 5.95. The van der Waals surface area contributed by atoms with Crippen molar-refractivity contribution >= 4 is 11.6 Å². The smallest absolute Gasteiger partial charge is 0.422 e. The number of nitrogens with one attached hydrogen (secondary N) is 1. The molecule has 0 saturated carbocycles. The number of amides is 1. The van der Waals surface area contributed by atoms with Crippen LogP contribution in [0.25, 0.3) is 0 Å². The maximum atomic E-state index is 13.7. The molecule has 1 amide bonds. The fraction of sp³-hybridized carbons (Fsp3) is 0.250. The number of ether oxygens (including phenoxy) is 1. The van der Waals surface area contributed by atoms with Crippen LogP contribution in [0.3, 0.4) is 0 Å². The predicted molar refractivity (Wildman–Crippen MR) is 79.2 cm³/mol. The Bertz CT molecular complexity index is 705. The Labute approximate surface area is 135 Å². The molecule has 0 aliphatic carbocycles. The molecule has 0 spiro atoms. The van der Waals surface area contributed by atoms with Crippen molar-refractivity contribution in [3.63, 3.8) is 0 Å². The summed E-state index contributed by atoms with van der Waals surface area (Å²) in [5, 5.41) is 2.50. The van der Waals surface area contributed by atoms with Gasteiger partial charge in [0.05, 0.1) is 5.92 Å². The van der Waals surface area contributed by atoms with Gasteiger partial charge in [-0.25, -0.2) is 4.39 Å². The van der Waals surface area contributed by atoms with Gasteiger partial charge in [-0.15, -0.1) is 0 Å². The first-order valence-electron chi connectivity index (χ1n) is 6.96. The molecule has 1 aromatic carbocycles. The van der Waals surface area contributed by atoms with E-state index in [0.717, 1.165) is 12.1 Å². The lowest BCUT2D eigenvalue weighted by Crippen LogP contribution is -2.20. The number of anilines is 1. The molecule has 1 aromatic heterocycles. The third-order valence-electron chi connectivity index (χ3n) is 3.17. The Morgan fingerprint density at radius 3 is 2.67 bits per heavy atom. The fourth-order valence-corrected chi connectivity index (χ4v) is 1.89. The normalized spacial score (nSPS) is 12.5.